The molecule has 0 amide bonds. The second-order valence-electron chi connectivity index (χ2n) is 6.81. The maximum absolute atomic E-state index is 3.78. The summed E-state index contributed by atoms with van der Waals surface area (Å²) in [7, 11) is 2.22. The van der Waals surface area contributed by atoms with Crippen LogP contribution in [0.15, 0.2) is 24.3 Å². The highest BCUT2D eigenvalue weighted by Gasteiger charge is 2.29. The van der Waals surface area contributed by atoms with Crippen molar-refractivity contribution in [2.75, 3.05) is 13.1 Å². The monoisotopic (exact) mass is 283 g/mol. The molecule has 2 aromatic rings. The van der Waals surface area contributed by atoms with Crippen LogP contribution >= 0.6 is 0 Å². The number of para-hydroxylation sites is 1. The normalized spacial score (nSPS) is 26.4. The minimum atomic E-state index is 0.715. The first-order valence-electron chi connectivity index (χ1n) is 8.23. The van der Waals surface area contributed by atoms with E-state index in [1.165, 1.54) is 54.5 Å². The van der Waals surface area contributed by atoms with Gasteiger partial charge in [0.2, 0.25) is 0 Å². The van der Waals surface area contributed by atoms with Crippen LogP contribution in [0.1, 0.15) is 30.5 Å². The van der Waals surface area contributed by atoms with E-state index in [4.69, 9.17) is 0 Å². The number of nitrogens with zero attached hydrogens (tertiary/aromatic N) is 2. The van der Waals surface area contributed by atoms with Gasteiger partial charge in [-0.2, -0.15) is 0 Å². The Morgan fingerprint density at radius 1 is 1.14 bits per heavy atom. The van der Waals surface area contributed by atoms with Crippen molar-refractivity contribution in [1.82, 2.24) is 14.8 Å². The molecule has 0 spiro atoms. The predicted molar refractivity (Wildman–Crippen MR) is 87.5 cm³/mol. The Balaban J connectivity index is 1.62. The van der Waals surface area contributed by atoms with E-state index in [-0.39, 0.29) is 0 Å². The van der Waals surface area contributed by atoms with Gasteiger partial charge in [-0.05, 0) is 37.8 Å². The average Bonchev–Trinajstić information content (AvgIpc) is 2.95. The lowest BCUT2D eigenvalue weighted by molar-refractivity contribution is 0.246. The molecule has 3 nitrogen and oxygen atoms in total. The van der Waals surface area contributed by atoms with Gasteiger partial charge >= 0.3 is 0 Å². The summed E-state index contributed by atoms with van der Waals surface area (Å²) in [6.45, 7) is 5.80. The number of nitrogens with one attached hydrogen (secondary N) is 1. The van der Waals surface area contributed by atoms with Crippen molar-refractivity contribution >= 4 is 10.9 Å². The topological polar surface area (TPSA) is 20.2 Å². The maximum atomic E-state index is 3.78. The number of rotatable bonds is 2. The van der Waals surface area contributed by atoms with E-state index in [1.807, 2.05) is 0 Å². The van der Waals surface area contributed by atoms with Gasteiger partial charge in [0.1, 0.15) is 0 Å². The molecule has 2 bridgehead atoms. The summed E-state index contributed by atoms with van der Waals surface area (Å²) in [4.78, 5) is 2.65. The number of benzene rings is 1. The number of fused-ring (bicyclic) bond motifs is 3. The highest BCUT2D eigenvalue weighted by molar-refractivity contribution is 5.85. The predicted octanol–water partition coefficient (Wildman–Crippen LogP) is 2.81. The second-order valence-corrected chi connectivity index (χ2v) is 6.81. The molecular formula is C18H25N3. The third-order valence-electron chi connectivity index (χ3n) is 5.49. The van der Waals surface area contributed by atoms with E-state index < -0.39 is 0 Å². The molecule has 1 aromatic carbocycles. The maximum Gasteiger partial charge on any atom is 0.0483 e. The summed E-state index contributed by atoms with van der Waals surface area (Å²) in [5.74, 6) is 0. The van der Waals surface area contributed by atoms with Gasteiger partial charge in [-0.3, -0.25) is 4.90 Å². The lowest BCUT2D eigenvalue weighted by atomic mass is 10.1. The fourth-order valence-electron chi connectivity index (χ4n) is 4.23. The Bertz CT molecular complexity index is 619. The molecule has 2 saturated heterocycles. The van der Waals surface area contributed by atoms with Gasteiger partial charge < -0.3 is 9.88 Å². The van der Waals surface area contributed by atoms with Gasteiger partial charge in [-0.1, -0.05) is 18.2 Å². The second kappa shape index (κ2) is 5.15. The van der Waals surface area contributed by atoms with Crippen LogP contribution in [0.3, 0.4) is 0 Å². The molecule has 3 heteroatoms. The zero-order chi connectivity index (χ0) is 14.4. The molecule has 4 rings (SSSR count). The molecule has 0 aliphatic carbocycles. The molecule has 2 unspecified atom stereocenters. The van der Waals surface area contributed by atoms with Crippen molar-refractivity contribution < 1.29 is 0 Å². The van der Waals surface area contributed by atoms with Crippen LogP contribution in [0.25, 0.3) is 10.9 Å². The summed E-state index contributed by atoms with van der Waals surface area (Å²) >= 11 is 0. The van der Waals surface area contributed by atoms with E-state index in [0.717, 1.165) is 12.6 Å². The highest BCUT2D eigenvalue weighted by Crippen LogP contribution is 2.27. The van der Waals surface area contributed by atoms with Gasteiger partial charge in [0, 0.05) is 55.4 Å². The number of aryl methyl sites for hydroxylation is 2. The Morgan fingerprint density at radius 2 is 1.95 bits per heavy atom. The smallest absolute Gasteiger partial charge is 0.0483 e. The van der Waals surface area contributed by atoms with Crippen LogP contribution in [0.4, 0.5) is 0 Å². The number of likely N-dealkylation sites (tertiary alicyclic amines) is 1. The summed E-state index contributed by atoms with van der Waals surface area (Å²) < 4.78 is 2.39. The molecule has 2 aliphatic rings. The first kappa shape index (κ1) is 13.4. The van der Waals surface area contributed by atoms with E-state index in [0.29, 0.717) is 6.04 Å². The standard InChI is InChI=1S/C18H25N3/c1-13-16-5-3-4-6-17(16)20(2)18(13)12-21-10-9-14-7-8-15(11-21)19-14/h3-6,14-15,19H,7-12H2,1-2H3. The van der Waals surface area contributed by atoms with Gasteiger partial charge in [-0.25, -0.2) is 0 Å². The van der Waals surface area contributed by atoms with Crippen LogP contribution in [0, 0.1) is 6.92 Å². The Morgan fingerprint density at radius 3 is 2.81 bits per heavy atom. The van der Waals surface area contributed by atoms with Crippen LogP contribution < -0.4 is 5.32 Å². The SMILES string of the molecule is Cc1c(CN2CCC3CCC(C2)N3)n(C)c2ccccc12. The van der Waals surface area contributed by atoms with Crippen molar-refractivity contribution in [1.29, 1.82) is 0 Å². The quantitative estimate of drug-likeness (QED) is 0.914. The van der Waals surface area contributed by atoms with Crippen molar-refractivity contribution in [3.63, 3.8) is 0 Å². The molecule has 0 radical (unpaired) electrons. The number of hydrogen-bond donors (Lipinski definition) is 1. The van der Waals surface area contributed by atoms with Gasteiger partial charge in [0.15, 0.2) is 0 Å². The number of hydrogen-bond acceptors (Lipinski definition) is 2. The van der Waals surface area contributed by atoms with Crippen LogP contribution in [-0.2, 0) is 13.6 Å². The first-order chi connectivity index (χ1) is 10.2. The third-order valence-corrected chi connectivity index (χ3v) is 5.49. The largest absolute Gasteiger partial charge is 0.346 e. The molecule has 2 fully saturated rings. The zero-order valence-electron chi connectivity index (χ0n) is 13.1. The van der Waals surface area contributed by atoms with Crippen molar-refractivity contribution in [2.45, 2.75) is 44.8 Å². The fraction of sp³-hybridized carbons (Fsp3) is 0.556. The molecule has 0 saturated carbocycles. The fourth-order valence-corrected chi connectivity index (χ4v) is 4.23. The molecule has 112 valence electrons. The first-order valence-corrected chi connectivity index (χ1v) is 8.23. The Hall–Kier alpha value is -1.32. The Labute approximate surface area is 126 Å². The van der Waals surface area contributed by atoms with Gasteiger partial charge in [-0.15, -0.1) is 0 Å². The highest BCUT2D eigenvalue weighted by atomic mass is 15.2. The van der Waals surface area contributed by atoms with Crippen LogP contribution in [0.2, 0.25) is 0 Å². The molecule has 1 aromatic heterocycles. The molecule has 2 aliphatic heterocycles. The van der Waals surface area contributed by atoms with Crippen LogP contribution in [0.5, 0.6) is 0 Å². The van der Waals surface area contributed by atoms with E-state index >= 15 is 0 Å². The third kappa shape index (κ3) is 2.29. The summed E-state index contributed by atoms with van der Waals surface area (Å²) in [6, 6.07) is 10.3. The molecule has 3 heterocycles. The van der Waals surface area contributed by atoms with Crippen molar-refractivity contribution in [2.24, 2.45) is 7.05 Å². The molecular weight excluding hydrogens is 258 g/mol. The number of aromatic nitrogens is 1. The molecule has 21 heavy (non-hydrogen) atoms. The van der Waals surface area contributed by atoms with Crippen molar-refractivity contribution in [3.8, 4) is 0 Å². The van der Waals surface area contributed by atoms with E-state index in [2.05, 4.69) is 53.0 Å². The summed E-state index contributed by atoms with van der Waals surface area (Å²) in [5, 5.41) is 5.18. The lowest BCUT2D eigenvalue weighted by Crippen LogP contribution is -2.35. The van der Waals surface area contributed by atoms with E-state index in [9.17, 15) is 0 Å². The summed E-state index contributed by atoms with van der Waals surface area (Å²) in [5.41, 5.74) is 4.30. The summed E-state index contributed by atoms with van der Waals surface area (Å²) in [6.07, 6.45) is 4.04. The lowest BCUT2D eigenvalue weighted by Gasteiger charge is -2.24. The van der Waals surface area contributed by atoms with Crippen molar-refractivity contribution in [3.05, 3.63) is 35.5 Å². The average molecular weight is 283 g/mol. The molecule has 2 atom stereocenters. The van der Waals surface area contributed by atoms with Gasteiger partial charge in [0.25, 0.3) is 0 Å². The Kier molecular flexibility index (Phi) is 3.27. The molecule has 1 N–H and O–H groups in total. The van der Waals surface area contributed by atoms with Gasteiger partial charge in [0.05, 0.1) is 0 Å². The minimum absolute atomic E-state index is 0.715. The zero-order valence-corrected chi connectivity index (χ0v) is 13.1. The van der Waals surface area contributed by atoms with E-state index in [1.54, 1.807) is 0 Å². The minimum Gasteiger partial charge on any atom is -0.346 e. The van der Waals surface area contributed by atoms with Crippen LogP contribution in [-0.4, -0.2) is 34.6 Å².